The monoisotopic (exact) mass is 326 g/mol. The zero-order valence-electron chi connectivity index (χ0n) is 12.8. The number of fused-ring (bicyclic) bond motifs is 2. The van der Waals surface area contributed by atoms with Crippen LogP contribution in [0.15, 0.2) is 24.3 Å². The van der Waals surface area contributed by atoms with Gasteiger partial charge in [-0.05, 0) is 43.2 Å². The SMILES string of the molecule is CC(=O)CCc1cc(O)c2c(c1)C(=O)c1c(O)ccc(O)c1C2=O. The van der Waals surface area contributed by atoms with Gasteiger partial charge in [0.1, 0.15) is 23.0 Å². The van der Waals surface area contributed by atoms with Crippen molar-refractivity contribution in [3.8, 4) is 17.2 Å². The van der Waals surface area contributed by atoms with Crippen LogP contribution in [0.3, 0.4) is 0 Å². The van der Waals surface area contributed by atoms with E-state index in [1.54, 1.807) is 0 Å². The number of rotatable bonds is 3. The number of hydrogen-bond acceptors (Lipinski definition) is 6. The average Bonchev–Trinajstić information content (AvgIpc) is 2.52. The third kappa shape index (κ3) is 2.32. The Balaban J connectivity index is 2.19. The highest BCUT2D eigenvalue weighted by Crippen LogP contribution is 2.40. The Hall–Kier alpha value is -3.15. The normalized spacial score (nSPS) is 12.7. The number of aryl methyl sites for hydroxylation is 1. The highest BCUT2D eigenvalue weighted by molar-refractivity contribution is 6.31. The Bertz CT molecular complexity index is 910. The quantitative estimate of drug-likeness (QED) is 0.636. The van der Waals surface area contributed by atoms with Crippen molar-refractivity contribution >= 4 is 17.3 Å². The van der Waals surface area contributed by atoms with Crippen LogP contribution in [-0.4, -0.2) is 32.7 Å². The van der Waals surface area contributed by atoms with Crippen LogP contribution in [0, 0.1) is 0 Å². The third-order valence-electron chi connectivity index (χ3n) is 4.03. The third-order valence-corrected chi connectivity index (χ3v) is 4.03. The van der Waals surface area contributed by atoms with Gasteiger partial charge in [-0.2, -0.15) is 0 Å². The van der Waals surface area contributed by atoms with Crippen LogP contribution in [-0.2, 0) is 11.2 Å². The summed E-state index contributed by atoms with van der Waals surface area (Å²) in [4.78, 5) is 36.4. The second-order valence-electron chi connectivity index (χ2n) is 5.75. The largest absolute Gasteiger partial charge is 0.507 e. The van der Waals surface area contributed by atoms with Gasteiger partial charge in [0.05, 0.1) is 16.7 Å². The molecule has 0 aromatic heterocycles. The fourth-order valence-electron chi connectivity index (χ4n) is 2.87. The number of benzene rings is 2. The van der Waals surface area contributed by atoms with Crippen LogP contribution >= 0.6 is 0 Å². The molecule has 122 valence electrons. The topological polar surface area (TPSA) is 112 Å². The number of carbonyl (C=O) groups is 3. The van der Waals surface area contributed by atoms with Gasteiger partial charge in [0.15, 0.2) is 5.78 Å². The van der Waals surface area contributed by atoms with Crippen molar-refractivity contribution in [2.24, 2.45) is 0 Å². The number of Topliss-reactive ketones (excluding diaryl/α,β-unsaturated/α-hetero) is 1. The molecule has 2 aromatic rings. The summed E-state index contributed by atoms with van der Waals surface area (Å²) in [6.45, 7) is 1.43. The summed E-state index contributed by atoms with van der Waals surface area (Å²) < 4.78 is 0. The Morgan fingerprint density at radius 3 is 2.04 bits per heavy atom. The van der Waals surface area contributed by atoms with E-state index in [2.05, 4.69) is 0 Å². The van der Waals surface area contributed by atoms with Gasteiger partial charge in [0.2, 0.25) is 5.78 Å². The molecule has 1 aliphatic carbocycles. The molecule has 0 saturated heterocycles. The molecule has 0 aliphatic heterocycles. The fraction of sp³-hybridized carbons (Fsp3) is 0.167. The van der Waals surface area contributed by atoms with Gasteiger partial charge in [0, 0.05) is 12.0 Å². The second kappa shape index (κ2) is 5.49. The summed E-state index contributed by atoms with van der Waals surface area (Å²) in [5.74, 6) is -2.68. The lowest BCUT2D eigenvalue weighted by molar-refractivity contribution is -0.116. The zero-order valence-corrected chi connectivity index (χ0v) is 12.8. The first-order valence-electron chi connectivity index (χ1n) is 7.31. The Kier molecular flexibility index (Phi) is 3.60. The van der Waals surface area contributed by atoms with E-state index in [9.17, 15) is 29.7 Å². The molecule has 0 unspecified atom stereocenters. The smallest absolute Gasteiger partial charge is 0.202 e. The summed E-state index contributed by atoms with van der Waals surface area (Å²) in [6, 6.07) is 5.01. The maximum absolute atomic E-state index is 12.7. The van der Waals surface area contributed by atoms with Gasteiger partial charge in [-0.15, -0.1) is 0 Å². The summed E-state index contributed by atoms with van der Waals surface area (Å²) >= 11 is 0. The van der Waals surface area contributed by atoms with Gasteiger partial charge in [0.25, 0.3) is 0 Å². The van der Waals surface area contributed by atoms with Crippen molar-refractivity contribution in [2.45, 2.75) is 19.8 Å². The summed E-state index contributed by atoms with van der Waals surface area (Å²) in [6.07, 6.45) is 0.555. The first-order chi connectivity index (χ1) is 11.3. The molecule has 0 bridgehead atoms. The van der Waals surface area contributed by atoms with Crippen molar-refractivity contribution in [1.82, 2.24) is 0 Å². The van der Waals surface area contributed by atoms with Gasteiger partial charge >= 0.3 is 0 Å². The fourth-order valence-corrected chi connectivity index (χ4v) is 2.87. The summed E-state index contributed by atoms with van der Waals surface area (Å²) in [5, 5.41) is 30.0. The lowest BCUT2D eigenvalue weighted by Crippen LogP contribution is -2.21. The van der Waals surface area contributed by atoms with Gasteiger partial charge in [-0.1, -0.05) is 0 Å². The van der Waals surface area contributed by atoms with E-state index in [4.69, 9.17) is 0 Å². The molecule has 0 spiro atoms. The predicted octanol–water partition coefficient (Wildman–Crippen LogP) is 2.10. The molecule has 0 atom stereocenters. The lowest BCUT2D eigenvalue weighted by Gasteiger charge is -2.20. The first kappa shape index (κ1) is 15.7. The zero-order chi connectivity index (χ0) is 17.6. The van der Waals surface area contributed by atoms with Crippen LogP contribution in [0.25, 0.3) is 0 Å². The summed E-state index contributed by atoms with van der Waals surface area (Å²) in [5.41, 5.74) is -0.326. The molecule has 0 heterocycles. The van der Waals surface area contributed by atoms with Crippen LogP contribution in [0.2, 0.25) is 0 Å². The molecule has 6 nitrogen and oxygen atoms in total. The van der Waals surface area contributed by atoms with E-state index in [0.717, 1.165) is 12.1 Å². The Morgan fingerprint density at radius 1 is 0.875 bits per heavy atom. The molecular formula is C18H14O6. The second-order valence-corrected chi connectivity index (χ2v) is 5.75. The molecule has 6 heteroatoms. The van der Waals surface area contributed by atoms with Crippen molar-refractivity contribution in [2.75, 3.05) is 0 Å². The Labute approximate surface area is 137 Å². The molecule has 24 heavy (non-hydrogen) atoms. The van der Waals surface area contributed by atoms with Crippen LogP contribution in [0.1, 0.15) is 50.8 Å². The average molecular weight is 326 g/mol. The van der Waals surface area contributed by atoms with E-state index in [1.165, 1.54) is 19.1 Å². The van der Waals surface area contributed by atoms with E-state index < -0.39 is 28.8 Å². The van der Waals surface area contributed by atoms with Crippen molar-refractivity contribution in [3.63, 3.8) is 0 Å². The first-order valence-corrected chi connectivity index (χ1v) is 7.31. The van der Waals surface area contributed by atoms with Gasteiger partial charge < -0.3 is 20.1 Å². The number of hydrogen-bond donors (Lipinski definition) is 3. The minimum Gasteiger partial charge on any atom is -0.507 e. The Morgan fingerprint density at radius 2 is 1.46 bits per heavy atom. The molecule has 0 radical (unpaired) electrons. The molecule has 0 saturated carbocycles. The summed E-state index contributed by atoms with van der Waals surface area (Å²) in [7, 11) is 0. The number of aromatic hydroxyl groups is 3. The number of phenols is 3. The molecular weight excluding hydrogens is 312 g/mol. The van der Waals surface area contributed by atoms with E-state index in [1.807, 2.05) is 0 Å². The number of phenolic OH excluding ortho intramolecular Hbond substituents is 3. The van der Waals surface area contributed by atoms with Gasteiger partial charge in [-0.25, -0.2) is 0 Å². The minimum absolute atomic E-state index is 0.0393. The predicted molar refractivity (Wildman–Crippen MR) is 83.7 cm³/mol. The molecule has 0 amide bonds. The van der Waals surface area contributed by atoms with Crippen LogP contribution < -0.4 is 0 Å². The number of carbonyl (C=O) groups excluding carboxylic acids is 3. The van der Waals surface area contributed by atoms with Crippen molar-refractivity contribution in [3.05, 3.63) is 52.1 Å². The lowest BCUT2D eigenvalue weighted by atomic mass is 9.81. The molecule has 1 aliphatic rings. The molecule has 0 fully saturated rings. The standard InChI is InChI=1S/C18H14O6/c1-8(19)2-3-9-6-10-14(13(22)7-9)18(24)16-12(21)5-4-11(20)15(16)17(10)23/h4-7,20-22H,2-3H2,1H3. The molecule has 3 rings (SSSR count). The van der Waals surface area contributed by atoms with Crippen molar-refractivity contribution < 1.29 is 29.7 Å². The van der Waals surface area contributed by atoms with Gasteiger partial charge in [-0.3, -0.25) is 9.59 Å². The molecule has 3 N–H and O–H groups in total. The minimum atomic E-state index is -0.733. The maximum atomic E-state index is 12.7. The highest BCUT2D eigenvalue weighted by Gasteiger charge is 2.36. The van der Waals surface area contributed by atoms with Crippen LogP contribution in [0.5, 0.6) is 17.2 Å². The van der Waals surface area contributed by atoms with E-state index in [0.29, 0.717) is 12.0 Å². The van der Waals surface area contributed by atoms with Crippen LogP contribution in [0.4, 0.5) is 0 Å². The number of ketones is 3. The maximum Gasteiger partial charge on any atom is 0.202 e. The molecule has 2 aromatic carbocycles. The van der Waals surface area contributed by atoms with E-state index >= 15 is 0 Å². The highest BCUT2D eigenvalue weighted by atomic mass is 16.3. The van der Waals surface area contributed by atoms with Crippen molar-refractivity contribution in [1.29, 1.82) is 0 Å². The van der Waals surface area contributed by atoms with E-state index in [-0.39, 0.29) is 34.5 Å².